The van der Waals surface area contributed by atoms with Crippen LogP contribution < -0.4 is 0 Å². The van der Waals surface area contributed by atoms with Gasteiger partial charge in [-0.05, 0) is 104 Å². The van der Waals surface area contributed by atoms with Crippen molar-refractivity contribution in [3.8, 4) is 0 Å². The summed E-state index contributed by atoms with van der Waals surface area (Å²) >= 11 is 0. The summed E-state index contributed by atoms with van der Waals surface area (Å²) in [5, 5.41) is 10.5. The van der Waals surface area contributed by atoms with Crippen molar-refractivity contribution in [2.45, 2.75) is 91.3 Å². The minimum absolute atomic E-state index is 0.0720. The topological polar surface area (TPSA) is 29.5 Å². The summed E-state index contributed by atoms with van der Waals surface area (Å²) in [4.78, 5) is 0. The molecule has 5 unspecified atom stereocenters. The number of aliphatic hydroxyl groups is 1. The smallest absolute Gasteiger partial charge is 0.391 e. The van der Waals surface area contributed by atoms with Crippen LogP contribution in [0.1, 0.15) is 79.1 Å². The number of ether oxygens (including phenoxy) is 1. The van der Waals surface area contributed by atoms with Crippen LogP contribution in [0.5, 0.6) is 0 Å². The van der Waals surface area contributed by atoms with Crippen LogP contribution in [-0.2, 0) is 4.74 Å². The van der Waals surface area contributed by atoms with E-state index in [1.807, 2.05) is 0 Å². The lowest BCUT2D eigenvalue weighted by molar-refractivity contribution is -0.208. The van der Waals surface area contributed by atoms with E-state index in [-0.39, 0.29) is 16.7 Å². The molecule has 2 nitrogen and oxygen atoms in total. The van der Waals surface area contributed by atoms with E-state index >= 15 is 0 Å². The average Bonchev–Trinajstić information content (AvgIpc) is 2.87. The Kier molecular flexibility index (Phi) is 6.30. The fraction of sp³-hybridized carbons (Fsp3) is 1.00. The summed E-state index contributed by atoms with van der Waals surface area (Å²) in [5.74, 6) is 2.61. The summed E-state index contributed by atoms with van der Waals surface area (Å²) < 4.78 is 45.6. The molecular weight excluding hydrogens is 401 g/mol. The Hall–Kier alpha value is -0.290. The number of fused-ring (bicyclic) bond motifs is 5. The Morgan fingerprint density at radius 1 is 1.00 bits per heavy atom. The van der Waals surface area contributed by atoms with Gasteiger partial charge in [-0.3, -0.25) is 0 Å². The number of hydrogen-bond donors (Lipinski definition) is 1. The Morgan fingerprint density at radius 2 is 1.68 bits per heavy atom. The molecule has 4 aliphatic carbocycles. The van der Waals surface area contributed by atoms with Crippen LogP contribution >= 0.6 is 0 Å². The molecule has 4 aliphatic rings. The first-order valence-corrected chi connectivity index (χ1v) is 12.7. The molecule has 5 heteroatoms. The highest BCUT2D eigenvalue weighted by atomic mass is 19.4. The van der Waals surface area contributed by atoms with Gasteiger partial charge in [0.1, 0.15) is 0 Å². The van der Waals surface area contributed by atoms with Crippen LogP contribution in [0.4, 0.5) is 13.2 Å². The average molecular weight is 445 g/mol. The number of rotatable bonds is 4. The van der Waals surface area contributed by atoms with Crippen LogP contribution in [0.2, 0.25) is 0 Å². The standard InChI is InChI=1S/C26H43F3O2/c1-15-16(2)23-20-7-6-17-12-18(26(27,28)29)8-10-24(17,3)21(20)9-11-25(23,4)22(15)13-19(30)14-31-5/h15-23,30H,6-14H2,1-5H3/t15-,16?,17+,18-,19?,20+,21?,22?,23?,24-,25+/m0/s1. The third-order valence-electron chi connectivity index (χ3n) is 11.2. The lowest BCUT2D eigenvalue weighted by atomic mass is 9.43. The summed E-state index contributed by atoms with van der Waals surface area (Å²) in [5.41, 5.74) is 0.295. The predicted octanol–water partition coefficient (Wildman–Crippen LogP) is 6.71. The lowest BCUT2D eigenvalue weighted by Gasteiger charge is -2.61. The highest BCUT2D eigenvalue weighted by molar-refractivity contribution is 5.12. The van der Waals surface area contributed by atoms with E-state index in [0.717, 1.165) is 38.5 Å². The zero-order chi connectivity index (χ0) is 22.8. The van der Waals surface area contributed by atoms with Crippen molar-refractivity contribution in [1.29, 1.82) is 0 Å². The molecule has 0 aromatic rings. The molecule has 0 spiro atoms. The molecule has 0 bridgehead atoms. The van der Waals surface area contributed by atoms with E-state index in [2.05, 4.69) is 27.7 Å². The van der Waals surface area contributed by atoms with Crippen molar-refractivity contribution < 1.29 is 23.0 Å². The second kappa shape index (κ2) is 8.18. The maximum Gasteiger partial charge on any atom is 0.391 e. The van der Waals surface area contributed by atoms with Gasteiger partial charge in [-0.1, -0.05) is 27.7 Å². The van der Waals surface area contributed by atoms with Crippen LogP contribution in [-0.4, -0.2) is 31.1 Å². The Bertz CT molecular complexity index is 651. The van der Waals surface area contributed by atoms with Crippen LogP contribution in [0.3, 0.4) is 0 Å². The zero-order valence-corrected chi connectivity index (χ0v) is 20.0. The maximum atomic E-state index is 13.5. The van der Waals surface area contributed by atoms with Crippen molar-refractivity contribution in [3.05, 3.63) is 0 Å². The number of methoxy groups -OCH3 is 1. The molecule has 0 aliphatic heterocycles. The monoisotopic (exact) mass is 444 g/mol. The minimum Gasteiger partial charge on any atom is -0.391 e. The molecule has 0 radical (unpaired) electrons. The van der Waals surface area contributed by atoms with Gasteiger partial charge < -0.3 is 9.84 Å². The number of aliphatic hydroxyl groups excluding tert-OH is 1. The largest absolute Gasteiger partial charge is 0.391 e. The Labute approximate surface area is 186 Å². The van der Waals surface area contributed by atoms with Crippen molar-refractivity contribution in [2.75, 3.05) is 13.7 Å². The molecule has 11 atom stereocenters. The third kappa shape index (κ3) is 3.78. The van der Waals surface area contributed by atoms with E-state index in [4.69, 9.17) is 4.74 Å². The molecule has 4 saturated carbocycles. The van der Waals surface area contributed by atoms with Gasteiger partial charge >= 0.3 is 6.18 Å². The number of hydrogen-bond acceptors (Lipinski definition) is 2. The zero-order valence-electron chi connectivity index (χ0n) is 20.0. The van der Waals surface area contributed by atoms with E-state index in [9.17, 15) is 18.3 Å². The quantitative estimate of drug-likeness (QED) is 0.522. The van der Waals surface area contributed by atoms with E-state index in [1.165, 1.54) is 0 Å². The van der Waals surface area contributed by atoms with Gasteiger partial charge in [0.15, 0.2) is 0 Å². The first kappa shape index (κ1) is 23.9. The Balaban J connectivity index is 1.56. The fourth-order valence-corrected chi connectivity index (χ4v) is 9.59. The van der Waals surface area contributed by atoms with E-state index in [1.54, 1.807) is 7.11 Å². The number of alkyl halides is 3. The summed E-state index contributed by atoms with van der Waals surface area (Å²) in [7, 11) is 1.65. The third-order valence-corrected chi connectivity index (χ3v) is 11.2. The summed E-state index contributed by atoms with van der Waals surface area (Å²) in [6.07, 6.45) is 2.14. The van der Waals surface area contributed by atoms with Gasteiger partial charge in [-0.15, -0.1) is 0 Å². The predicted molar refractivity (Wildman–Crippen MR) is 116 cm³/mol. The second-order valence-electron chi connectivity index (χ2n) is 12.3. The minimum atomic E-state index is -4.03. The lowest BCUT2D eigenvalue weighted by Crippen LogP contribution is -2.55. The van der Waals surface area contributed by atoms with Crippen molar-refractivity contribution in [2.24, 2.45) is 58.2 Å². The highest BCUT2D eigenvalue weighted by Gasteiger charge is 2.64. The fourth-order valence-electron chi connectivity index (χ4n) is 9.59. The molecule has 0 heterocycles. The molecule has 4 rings (SSSR count). The first-order valence-electron chi connectivity index (χ1n) is 12.7. The van der Waals surface area contributed by atoms with Gasteiger partial charge in [-0.2, -0.15) is 13.2 Å². The summed E-state index contributed by atoms with van der Waals surface area (Å²) in [6.45, 7) is 9.98. The molecule has 0 aromatic carbocycles. The Morgan fingerprint density at radius 3 is 2.32 bits per heavy atom. The molecule has 180 valence electrons. The molecule has 1 N–H and O–H groups in total. The molecule has 0 aromatic heterocycles. The van der Waals surface area contributed by atoms with Crippen LogP contribution in [0.25, 0.3) is 0 Å². The van der Waals surface area contributed by atoms with Crippen LogP contribution in [0, 0.1) is 58.2 Å². The molecule has 4 fully saturated rings. The van der Waals surface area contributed by atoms with Crippen molar-refractivity contribution in [3.63, 3.8) is 0 Å². The van der Waals surface area contributed by atoms with Crippen molar-refractivity contribution in [1.82, 2.24) is 0 Å². The number of halogens is 3. The van der Waals surface area contributed by atoms with Gasteiger partial charge in [0.05, 0.1) is 18.6 Å². The molecular formula is C26H43F3O2. The maximum absolute atomic E-state index is 13.5. The van der Waals surface area contributed by atoms with E-state index in [0.29, 0.717) is 55.0 Å². The van der Waals surface area contributed by atoms with Crippen LogP contribution in [0.15, 0.2) is 0 Å². The van der Waals surface area contributed by atoms with E-state index < -0.39 is 18.2 Å². The molecule has 0 amide bonds. The molecule has 0 saturated heterocycles. The highest BCUT2D eigenvalue weighted by Crippen LogP contribution is 2.70. The second-order valence-corrected chi connectivity index (χ2v) is 12.3. The van der Waals surface area contributed by atoms with Gasteiger partial charge in [0.2, 0.25) is 0 Å². The first-order chi connectivity index (χ1) is 14.4. The molecule has 31 heavy (non-hydrogen) atoms. The van der Waals surface area contributed by atoms with Gasteiger partial charge in [0.25, 0.3) is 0 Å². The SMILES string of the molecule is COCC(O)CC1[C@@H](C)C(C)C2[C@@H]3CC[C@@H]4C[C@@H](C(F)(F)F)CC[C@]4(C)C3CC[C@]12C. The van der Waals surface area contributed by atoms with Crippen molar-refractivity contribution >= 4 is 0 Å². The van der Waals surface area contributed by atoms with Gasteiger partial charge in [0, 0.05) is 7.11 Å². The summed E-state index contributed by atoms with van der Waals surface area (Å²) in [6, 6.07) is 0. The normalized spacial score (nSPS) is 51.0. The van der Waals surface area contributed by atoms with Gasteiger partial charge in [-0.25, -0.2) is 0 Å².